The molecule has 1 atom stereocenters. The van der Waals surface area contributed by atoms with E-state index in [-0.39, 0.29) is 5.91 Å². The number of amides is 1. The van der Waals surface area contributed by atoms with Crippen molar-refractivity contribution in [1.82, 2.24) is 18.5 Å². The Morgan fingerprint density at radius 2 is 1.80 bits per heavy atom. The Morgan fingerprint density at radius 1 is 1.09 bits per heavy atom. The summed E-state index contributed by atoms with van der Waals surface area (Å²) in [7, 11) is 0.792. The van der Waals surface area contributed by atoms with Crippen LogP contribution in [0.1, 0.15) is 6.92 Å². The molecule has 8 nitrogen and oxygen atoms in total. The van der Waals surface area contributed by atoms with Gasteiger partial charge in [-0.25, -0.2) is 14.2 Å². The van der Waals surface area contributed by atoms with Crippen LogP contribution in [-0.2, 0) is 22.8 Å². The Morgan fingerprint density at radius 3 is 2.49 bits per heavy atom. The molecule has 0 bridgehead atoms. The molecule has 5 aromatic rings. The van der Waals surface area contributed by atoms with Crippen molar-refractivity contribution < 1.29 is 9.00 Å². The van der Waals surface area contributed by atoms with E-state index in [9.17, 15) is 9.00 Å². The summed E-state index contributed by atoms with van der Waals surface area (Å²) in [6.07, 6.45) is 4.93. The Bertz CT molecular complexity index is 1660. The van der Waals surface area contributed by atoms with Crippen LogP contribution in [0, 0.1) is 0 Å². The maximum atomic E-state index is 12.1. The van der Waals surface area contributed by atoms with E-state index >= 15 is 0 Å². The molecule has 2 aromatic carbocycles. The predicted octanol–water partition coefficient (Wildman–Crippen LogP) is 4.50. The summed E-state index contributed by atoms with van der Waals surface area (Å²) in [5, 5.41) is 4.57. The van der Waals surface area contributed by atoms with Crippen LogP contribution in [0.5, 0.6) is 0 Å². The van der Waals surface area contributed by atoms with E-state index in [1.165, 1.54) is 6.33 Å². The van der Waals surface area contributed by atoms with Gasteiger partial charge in [-0.3, -0.25) is 8.77 Å². The van der Waals surface area contributed by atoms with E-state index in [2.05, 4.69) is 27.9 Å². The number of nitrogen functional groups attached to an aromatic ring is 1. The fraction of sp³-hybridized carbons (Fsp3) is 0.115. The van der Waals surface area contributed by atoms with Gasteiger partial charge in [0.25, 0.3) is 5.91 Å². The first-order valence-electron chi connectivity index (χ1n) is 10.9. The lowest BCUT2D eigenvalue weighted by atomic mass is 9.97. The topological polar surface area (TPSA) is 108 Å². The first-order chi connectivity index (χ1) is 16.8. The third kappa shape index (κ3) is 3.79. The largest absolute Gasteiger partial charge is 0.383 e. The molecule has 3 heterocycles. The van der Waals surface area contributed by atoms with Gasteiger partial charge in [0.2, 0.25) is 0 Å². The lowest BCUT2D eigenvalue weighted by Gasteiger charge is -2.11. The van der Waals surface area contributed by atoms with Gasteiger partial charge in [-0.05, 0) is 48.4 Å². The van der Waals surface area contributed by atoms with Crippen LogP contribution in [-0.4, -0.2) is 34.9 Å². The zero-order valence-corrected chi connectivity index (χ0v) is 20.4. The summed E-state index contributed by atoms with van der Waals surface area (Å²) < 4.78 is 15.8. The van der Waals surface area contributed by atoms with Crippen molar-refractivity contribution in [3.8, 4) is 22.4 Å². The zero-order valence-electron chi connectivity index (χ0n) is 19.6. The number of anilines is 2. The van der Waals surface area contributed by atoms with E-state index < -0.39 is 11.0 Å². The van der Waals surface area contributed by atoms with Crippen molar-refractivity contribution in [3.63, 3.8) is 0 Å². The highest BCUT2D eigenvalue weighted by molar-refractivity contribution is 7.82. The van der Waals surface area contributed by atoms with Gasteiger partial charge in [0.1, 0.15) is 28.8 Å². The van der Waals surface area contributed by atoms with E-state index in [0.29, 0.717) is 17.1 Å². The molecule has 9 heteroatoms. The van der Waals surface area contributed by atoms with Crippen molar-refractivity contribution in [2.45, 2.75) is 6.92 Å². The highest BCUT2D eigenvalue weighted by Crippen LogP contribution is 2.42. The Labute approximate surface area is 204 Å². The number of aromatic nitrogens is 4. The number of carbonyl (C=O) groups is 1. The number of nitrogens with zero attached hydrogens (tertiary/aromatic N) is 4. The number of aryl methyl sites for hydroxylation is 1. The maximum absolute atomic E-state index is 12.1. The number of rotatable bonds is 5. The molecule has 0 aliphatic heterocycles. The fourth-order valence-electron chi connectivity index (χ4n) is 4.34. The zero-order chi connectivity index (χ0) is 24.9. The second-order valence-electron chi connectivity index (χ2n) is 8.39. The quantitative estimate of drug-likeness (QED) is 0.357. The summed E-state index contributed by atoms with van der Waals surface area (Å²) in [4.78, 5) is 20.7. The summed E-state index contributed by atoms with van der Waals surface area (Å²) in [5.74, 6) is 0.170. The van der Waals surface area contributed by atoms with E-state index in [1.807, 2.05) is 60.3 Å². The monoisotopic (exact) mass is 484 g/mol. The van der Waals surface area contributed by atoms with Gasteiger partial charge in [0, 0.05) is 41.7 Å². The SMILES string of the molecule is C=C(C)C(=O)Nc1ccc(-c2c(-c3ccc4c(ccn4S(C)=O)c3)c3c(N)ncnc3n2C)cc1. The maximum Gasteiger partial charge on any atom is 0.250 e. The molecule has 35 heavy (non-hydrogen) atoms. The molecule has 1 unspecified atom stereocenters. The summed E-state index contributed by atoms with van der Waals surface area (Å²) in [6, 6.07) is 15.6. The average molecular weight is 485 g/mol. The molecule has 0 spiro atoms. The molecule has 176 valence electrons. The van der Waals surface area contributed by atoms with Gasteiger partial charge in [0.15, 0.2) is 0 Å². The minimum Gasteiger partial charge on any atom is -0.383 e. The number of benzene rings is 2. The van der Waals surface area contributed by atoms with Gasteiger partial charge in [-0.2, -0.15) is 0 Å². The first-order valence-corrected chi connectivity index (χ1v) is 12.4. The molecule has 0 saturated carbocycles. The summed E-state index contributed by atoms with van der Waals surface area (Å²) in [6.45, 7) is 5.35. The molecule has 1 amide bonds. The average Bonchev–Trinajstić information content (AvgIpc) is 3.39. The molecule has 0 fully saturated rings. The fourth-order valence-corrected chi connectivity index (χ4v) is 5.02. The number of nitrogens with one attached hydrogen (secondary N) is 1. The Hall–Kier alpha value is -4.24. The number of hydrogen-bond donors (Lipinski definition) is 2. The van der Waals surface area contributed by atoms with Crippen molar-refractivity contribution in [1.29, 1.82) is 0 Å². The molecular formula is C26H24N6O2S. The van der Waals surface area contributed by atoms with Crippen LogP contribution in [0.4, 0.5) is 11.5 Å². The van der Waals surface area contributed by atoms with Crippen LogP contribution < -0.4 is 11.1 Å². The number of carbonyl (C=O) groups excluding carboxylic acids is 1. The Balaban J connectivity index is 1.71. The second-order valence-corrected chi connectivity index (χ2v) is 9.63. The second kappa shape index (κ2) is 8.52. The first kappa shape index (κ1) is 22.5. The minimum absolute atomic E-state index is 0.223. The van der Waals surface area contributed by atoms with Crippen molar-refractivity contribution >= 4 is 50.3 Å². The van der Waals surface area contributed by atoms with E-state index in [0.717, 1.165) is 44.3 Å². The lowest BCUT2D eigenvalue weighted by Crippen LogP contribution is -2.11. The minimum atomic E-state index is -1.15. The molecule has 0 saturated heterocycles. The van der Waals surface area contributed by atoms with E-state index in [1.54, 1.807) is 17.2 Å². The molecule has 5 rings (SSSR count). The van der Waals surface area contributed by atoms with Crippen molar-refractivity contribution in [2.75, 3.05) is 17.3 Å². The predicted molar refractivity (Wildman–Crippen MR) is 142 cm³/mol. The lowest BCUT2D eigenvalue weighted by molar-refractivity contribution is -0.112. The third-order valence-corrected chi connectivity index (χ3v) is 6.89. The number of fused-ring (bicyclic) bond motifs is 2. The highest BCUT2D eigenvalue weighted by atomic mass is 32.2. The third-order valence-electron chi connectivity index (χ3n) is 6.02. The molecular weight excluding hydrogens is 460 g/mol. The van der Waals surface area contributed by atoms with Crippen LogP contribution in [0.15, 0.2) is 73.2 Å². The molecule has 0 radical (unpaired) electrons. The standard InChI is InChI=1S/C26H24N6O2S/c1-15(2)26(33)30-19-8-5-16(6-9-19)23-21(22-24(27)28-14-29-25(22)31(23)3)18-7-10-20-17(13-18)11-12-32(20)35(4)34/h5-14H,1H2,2-4H3,(H,30,33)(H2,27,28,29). The van der Waals surface area contributed by atoms with Crippen molar-refractivity contribution in [2.24, 2.45) is 7.05 Å². The summed E-state index contributed by atoms with van der Waals surface area (Å²) in [5.41, 5.74) is 12.8. The number of nitrogens with two attached hydrogens (primary N) is 1. The van der Waals surface area contributed by atoms with Crippen LogP contribution in [0.25, 0.3) is 44.3 Å². The van der Waals surface area contributed by atoms with Crippen LogP contribution >= 0.6 is 0 Å². The van der Waals surface area contributed by atoms with Crippen molar-refractivity contribution in [3.05, 3.63) is 73.2 Å². The smallest absolute Gasteiger partial charge is 0.250 e. The van der Waals surface area contributed by atoms with Gasteiger partial charge >= 0.3 is 0 Å². The highest BCUT2D eigenvalue weighted by Gasteiger charge is 2.22. The molecule has 3 aromatic heterocycles. The normalized spacial score (nSPS) is 12.2. The molecule has 3 N–H and O–H groups in total. The Kier molecular flexibility index (Phi) is 5.49. The van der Waals surface area contributed by atoms with E-state index in [4.69, 9.17) is 5.73 Å². The number of hydrogen-bond acceptors (Lipinski definition) is 5. The van der Waals surface area contributed by atoms with Gasteiger partial charge < -0.3 is 15.6 Å². The van der Waals surface area contributed by atoms with Gasteiger partial charge in [-0.1, -0.05) is 24.8 Å². The summed E-state index contributed by atoms with van der Waals surface area (Å²) >= 11 is 0. The van der Waals surface area contributed by atoms with Gasteiger partial charge in [0.05, 0.1) is 16.6 Å². The van der Waals surface area contributed by atoms with Gasteiger partial charge in [-0.15, -0.1) is 0 Å². The molecule has 0 aliphatic rings. The van der Waals surface area contributed by atoms with Crippen LogP contribution in [0.2, 0.25) is 0 Å². The molecule has 0 aliphatic carbocycles. The van der Waals surface area contributed by atoms with Crippen LogP contribution in [0.3, 0.4) is 0 Å².